The second kappa shape index (κ2) is 2.53. The SMILES string of the molecule is CC1(C)C=C(C=O)C(O)=CC1. The van der Waals surface area contributed by atoms with E-state index in [1.165, 1.54) is 0 Å². The van der Waals surface area contributed by atoms with Crippen molar-refractivity contribution >= 4 is 6.29 Å². The lowest BCUT2D eigenvalue weighted by Gasteiger charge is -2.22. The Bertz CT molecular complexity index is 234. The molecule has 1 rings (SSSR count). The molecule has 0 atom stereocenters. The number of hydrogen-bond acceptors (Lipinski definition) is 2. The Morgan fingerprint density at radius 2 is 2.27 bits per heavy atom. The predicted octanol–water partition coefficient (Wildman–Crippen LogP) is 1.98. The average molecular weight is 152 g/mol. The van der Waals surface area contributed by atoms with Crippen LogP contribution >= 0.6 is 0 Å². The summed E-state index contributed by atoms with van der Waals surface area (Å²) in [4.78, 5) is 10.4. The highest BCUT2D eigenvalue weighted by Crippen LogP contribution is 2.30. The Kier molecular flexibility index (Phi) is 1.85. The van der Waals surface area contributed by atoms with Crippen molar-refractivity contribution in [3.05, 3.63) is 23.5 Å². The topological polar surface area (TPSA) is 37.3 Å². The van der Waals surface area contributed by atoms with Gasteiger partial charge in [0.15, 0.2) is 6.29 Å². The fourth-order valence-electron chi connectivity index (χ4n) is 1.13. The smallest absolute Gasteiger partial charge is 0.153 e. The van der Waals surface area contributed by atoms with Gasteiger partial charge in [-0.1, -0.05) is 19.9 Å². The normalized spacial score (nSPS) is 22.0. The van der Waals surface area contributed by atoms with Crippen molar-refractivity contribution in [2.24, 2.45) is 5.41 Å². The Labute approximate surface area is 66.2 Å². The zero-order chi connectivity index (χ0) is 8.48. The molecular formula is C9H12O2. The molecule has 0 heterocycles. The molecular weight excluding hydrogens is 140 g/mol. The van der Waals surface area contributed by atoms with Gasteiger partial charge in [-0.05, 0) is 17.9 Å². The molecule has 1 aliphatic carbocycles. The van der Waals surface area contributed by atoms with Crippen LogP contribution in [-0.2, 0) is 4.79 Å². The molecule has 1 N–H and O–H groups in total. The number of aldehydes is 1. The Morgan fingerprint density at radius 1 is 1.64 bits per heavy atom. The van der Waals surface area contributed by atoms with Crippen molar-refractivity contribution in [3.63, 3.8) is 0 Å². The lowest BCUT2D eigenvalue weighted by Crippen LogP contribution is -2.12. The van der Waals surface area contributed by atoms with Crippen LogP contribution < -0.4 is 0 Å². The van der Waals surface area contributed by atoms with Crippen molar-refractivity contribution in [2.75, 3.05) is 0 Å². The summed E-state index contributed by atoms with van der Waals surface area (Å²) in [7, 11) is 0. The van der Waals surface area contributed by atoms with E-state index in [-0.39, 0.29) is 11.2 Å². The molecule has 0 radical (unpaired) electrons. The molecule has 2 heteroatoms. The molecule has 0 aromatic heterocycles. The van der Waals surface area contributed by atoms with Crippen molar-refractivity contribution in [3.8, 4) is 0 Å². The lowest BCUT2D eigenvalue weighted by atomic mass is 9.83. The zero-order valence-corrected chi connectivity index (χ0v) is 6.79. The average Bonchev–Trinajstić information content (AvgIpc) is 1.94. The first-order valence-corrected chi connectivity index (χ1v) is 3.63. The molecule has 2 nitrogen and oxygen atoms in total. The molecule has 0 spiro atoms. The predicted molar refractivity (Wildman–Crippen MR) is 43.3 cm³/mol. The maximum atomic E-state index is 10.4. The molecule has 11 heavy (non-hydrogen) atoms. The zero-order valence-electron chi connectivity index (χ0n) is 6.79. The van der Waals surface area contributed by atoms with E-state index >= 15 is 0 Å². The van der Waals surface area contributed by atoms with E-state index in [0.717, 1.165) is 6.42 Å². The molecule has 0 saturated carbocycles. The van der Waals surface area contributed by atoms with Gasteiger partial charge in [-0.2, -0.15) is 0 Å². The molecule has 0 aromatic rings. The van der Waals surface area contributed by atoms with Gasteiger partial charge in [0.1, 0.15) is 5.76 Å². The van der Waals surface area contributed by atoms with Crippen LogP contribution in [0, 0.1) is 5.41 Å². The standard InChI is InChI=1S/C9H12O2/c1-9(2)4-3-8(11)7(5-9)6-10/h3,5-6,11H,4H2,1-2H3. The second-order valence-electron chi connectivity index (χ2n) is 3.50. The molecule has 0 amide bonds. The quantitative estimate of drug-likeness (QED) is 0.583. The first-order chi connectivity index (χ1) is 5.05. The van der Waals surface area contributed by atoms with Gasteiger partial charge in [0.25, 0.3) is 0 Å². The van der Waals surface area contributed by atoms with E-state index in [1.807, 2.05) is 13.8 Å². The molecule has 1 aliphatic rings. The van der Waals surface area contributed by atoms with Crippen LogP contribution in [0.3, 0.4) is 0 Å². The Morgan fingerprint density at radius 3 is 2.73 bits per heavy atom. The summed E-state index contributed by atoms with van der Waals surface area (Å²) < 4.78 is 0. The van der Waals surface area contributed by atoms with Gasteiger partial charge < -0.3 is 5.11 Å². The summed E-state index contributed by atoms with van der Waals surface area (Å²) in [6.07, 6.45) is 4.96. The van der Waals surface area contributed by atoms with Gasteiger partial charge in [-0.3, -0.25) is 4.79 Å². The first-order valence-electron chi connectivity index (χ1n) is 3.63. The second-order valence-corrected chi connectivity index (χ2v) is 3.50. The highest BCUT2D eigenvalue weighted by atomic mass is 16.3. The van der Waals surface area contributed by atoms with Crippen LogP contribution in [0.5, 0.6) is 0 Å². The first kappa shape index (κ1) is 8.05. The summed E-state index contributed by atoms with van der Waals surface area (Å²) in [5, 5.41) is 9.16. The minimum Gasteiger partial charge on any atom is -0.508 e. The number of carbonyl (C=O) groups excluding carboxylic acids is 1. The minimum absolute atomic E-state index is 0.00245. The van der Waals surface area contributed by atoms with E-state index in [4.69, 9.17) is 5.11 Å². The third-order valence-corrected chi connectivity index (χ3v) is 1.79. The fourth-order valence-corrected chi connectivity index (χ4v) is 1.13. The van der Waals surface area contributed by atoms with Crippen LogP contribution in [0.15, 0.2) is 23.5 Å². The number of rotatable bonds is 1. The largest absolute Gasteiger partial charge is 0.508 e. The molecule has 0 bridgehead atoms. The third kappa shape index (κ3) is 1.70. The Hall–Kier alpha value is -1.05. The maximum absolute atomic E-state index is 10.4. The fraction of sp³-hybridized carbons (Fsp3) is 0.444. The summed E-state index contributed by atoms with van der Waals surface area (Å²) in [6.45, 7) is 4.05. The van der Waals surface area contributed by atoms with E-state index in [1.54, 1.807) is 12.2 Å². The van der Waals surface area contributed by atoms with Crippen LogP contribution in [0.2, 0.25) is 0 Å². The van der Waals surface area contributed by atoms with Crippen molar-refractivity contribution < 1.29 is 9.90 Å². The summed E-state index contributed by atoms with van der Waals surface area (Å²) >= 11 is 0. The summed E-state index contributed by atoms with van der Waals surface area (Å²) in [5.41, 5.74) is 0.406. The number of hydrogen-bond donors (Lipinski definition) is 1. The van der Waals surface area contributed by atoms with Gasteiger partial charge in [0, 0.05) is 0 Å². The van der Waals surface area contributed by atoms with Crippen LogP contribution in [0.1, 0.15) is 20.3 Å². The number of allylic oxidation sites excluding steroid dienone is 3. The van der Waals surface area contributed by atoms with Crippen LogP contribution in [0.4, 0.5) is 0 Å². The van der Waals surface area contributed by atoms with E-state index in [9.17, 15) is 4.79 Å². The lowest BCUT2D eigenvalue weighted by molar-refractivity contribution is -0.105. The highest BCUT2D eigenvalue weighted by Gasteiger charge is 2.20. The molecule has 0 aromatic carbocycles. The maximum Gasteiger partial charge on any atom is 0.153 e. The van der Waals surface area contributed by atoms with Crippen molar-refractivity contribution in [1.29, 1.82) is 0 Å². The number of carbonyl (C=O) groups is 1. The van der Waals surface area contributed by atoms with Gasteiger partial charge in [0.05, 0.1) is 5.57 Å². The van der Waals surface area contributed by atoms with E-state index in [0.29, 0.717) is 11.9 Å². The third-order valence-electron chi connectivity index (χ3n) is 1.79. The molecule has 0 unspecified atom stereocenters. The summed E-state index contributed by atoms with van der Waals surface area (Å²) in [6, 6.07) is 0. The molecule has 60 valence electrons. The van der Waals surface area contributed by atoms with Crippen molar-refractivity contribution in [1.82, 2.24) is 0 Å². The number of aliphatic hydroxyl groups is 1. The van der Waals surface area contributed by atoms with Crippen molar-refractivity contribution in [2.45, 2.75) is 20.3 Å². The molecule has 0 fully saturated rings. The minimum atomic E-state index is 0.00245. The van der Waals surface area contributed by atoms with Gasteiger partial charge in [0.2, 0.25) is 0 Å². The Balaban J connectivity index is 2.95. The van der Waals surface area contributed by atoms with Crippen LogP contribution in [0.25, 0.3) is 0 Å². The van der Waals surface area contributed by atoms with Gasteiger partial charge in [-0.25, -0.2) is 0 Å². The van der Waals surface area contributed by atoms with Gasteiger partial charge >= 0.3 is 0 Å². The molecule has 0 aliphatic heterocycles. The van der Waals surface area contributed by atoms with Gasteiger partial charge in [-0.15, -0.1) is 0 Å². The molecule has 0 saturated heterocycles. The van der Waals surface area contributed by atoms with Crippen LogP contribution in [-0.4, -0.2) is 11.4 Å². The monoisotopic (exact) mass is 152 g/mol. The summed E-state index contributed by atoms with van der Waals surface area (Å²) in [5.74, 6) is 0.110. The number of aliphatic hydroxyl groups excluding tert-OH is 1. The highest BCUT2D eigenvalue weighted by molar-refractivity contribution is 5.79. The van der Waals surface area contributed by atoms with E-state index in [2.05, 4.69) is 0 Å². The van der Waals surface area contributed by atoms with E-state index < -0.39 is 0 Å².